The van der Waals surface area contributed by atoms with Crippen LogP contribution in [0.4, 0.5) is 0 Å². The lowest BCUT2D eigenvalue weighted by Crippen LogP contribution is -2.30. The van der Waals surface area contributed by atoms with Gasteiger partial charge >= 0.3 is 0 Å². The fourth-order valence-corrected chi connectivity index (χ4v) is 3.14. The zero-order chi connectivity index (χ0) is 13.0. The predicted molar refractivity (Wildman–Crippen MR) is 76.5 cm³/mol. The van der Waals surface area contributed by atoms with Gasteiger partial charge in [-0.2, -0.15) is 0 Å². The van der Waals surface area contributed by atoms with Crippen LogP contribution in [0, 0.1) is 18.8 Å². The van der Waals surface area contributed by atoms with Gasteiger partial charge < -0.3 is 5.32 Å². The molecule has 1 aliphatic carbocycles. The van der Waals surface area contributed by atoms with E-state index in [4.69, 9.17) is 0 Å². The van der Waals surface area contributed by atoms with Crippen molar-refractivity contribution in [1.29, 1.82) is 0 Å². The van der Waals surface area contributed by atoms with E-state index in [2.05, 4.69) is 37.1 Å². The van der Waals surface area contributed by atoms with Crippen molar-refractivity contribution < 1.29 is 0 Å². The summed E-state index contributed by atoms with van der Waals surface area (Å²) in [6.45, 7) is 7.74. The maximum Gasteiger partial charge on any atom is 0.0363 e. The third-order valence-corrected chi connectivity index (χ3v) is 4.21. The van der Waals surface area contributed by atoms with Crippen molar-refractivity contribution in [1.82, 2.24) is 10.3 Å². The van der Waals surface area contributed by atoms with Gasteiger partial charge in [0.15, 0.2) is 0 Å². The van der Waals surface area contributed by atoms with E-state index in [-0.39, 0.29) is 0 Å². The third-order valence-electron chi connectivity index (χ3n) is 4.21. The normalized spacial score (nSPS) is 25.9. The van der Waals surface area contributed by atoms with Gasteiger partial charge in [-0.1, -0.05) is 32.8 Å². The Balaban J connectivity index is 2.12. The van der Waals surface area contributed by atoms with E-state index in [0.717, 1.165) is 18.4 Å². The van der Waals surface area contributed by atoms with Crippen LogP contribution in [-0.4, -0.2) is 11.5 Å². The van der Waals surface area contributed by atoms with Crippen LogP contribution in [0.2, 0.25) is 0 Å². The van der Waals surface area contributed by atoms with E-state index in [0.29, 0.717) is 6.04 Å². The second kappa shape index (κ2) is 6.33. The van der Waals surface area contributed by atoms with Crippen LogP contribution in [0.1, 0.15) is 56.7 Å². The molecule has 0 amide bonds. The SMILES string of the molecule is CCNC(c1cncc(C)c1)C1CCC(C)CC1. The van der Waals surface area contributed by atoms with Gasteiger partial charge in [-0.25, -0.2) is 0 Å². The van der Waals surface area contributed by atoms with Crippen molar-refractivity contribution in [3.05, 3.63) is 29.6 Å². The molecule has 1 heterocycles. The molecule has 1 saturated carbocycles. The molecule has 1 aromatic heterocycles. The molecule has 0 spiro atoms. The number of pyridine rings is 1. The number of nitrogens with one attached hydrogen (secondary N) is 1. The zero-order valence-corrected chi connectivity index (χ0v) is 11.9. The second-order valence-corrected chi connectivity index (χ2v) is 5.85. The lowest BCUT2D eigenvalue weighted by molar-refractivity contribution is 0.233. The number of hydrogen-bond donors (Lipinski definition) is 1. The number of aryl methyl sites for hydroxylation is 1. The van der Waals surface area contributed by atoms with E-state index >= 15 is 0 Å². The van der Waals surface area contributed by atoms with E-state index in [9.17, 15) is 0 Å². The Morgan fingerprint density at radius 1 is 1.28 bits per heavy atom. The van der Waals surface area contributed by atoms with Crippen LogP contribution in [0.5, 0.6) is 0 Å². The molecule has 1 aromatic rings. The average molecular weight is 246 g/mol. The Morgan fingerprint density at radius 2 is 2.00 bits per heavy atom. The molecule has 0 saturated heterocycles. The fraction of sp³-hybridized carbons (Fsp3) is 0.688. The van der Waals surface area contributed by atoms with Crippen molar-refractivity contribution in [3.63, 3.8) is 0 Å². The highest BCUT2D eigenvalue weighted by Gasteiger charge is 2.26. The number of aromatic nitrogens is 1. The lowest BCUT2D eigenvalue weighted by Gasteiger charge is -2.33. The van der Waals surface area contributed by atoms with E-state index in [1.807, 2.05) is 12.4 Å². The number of nitrogens with zero attached hydrogens (tertiary/aromatic N) is 1. The molecule has 0 bridgehead atoms. The molecule has 1 unspecified atom stereocenters. The van der Waals surface area contributed by atoms with E-state index in [1.165, 1.54) is 36.8 Å². The van der Waals surface area contributed by atoms with Crippen molar-refractivity contribution in [3.8, 4) is 0 Å². The van der Waals surface area contributed by atoms with Crippen LogP contribution >= 0.6 is 0 Å². The minimum absolute atomic E-state index is 0.495. The first-order chi connectivity index (χ1) is 8.70. The van der Waals surface area contributed by atoms with E-state index < -0.39 is 0 Å². The molecule has 1 atom stereocenters. The van der Waals surface area contributed by atoms with Crippen molar-refractivity contribution in [2.75, 3.05) is 6.54 Å². The molecule has 0 radical (unpaired) electrons. The largest absolute Gasteiger partial charge is 0.310 e. The molecule has 2 nitrogen and oxygen atoms in total. The summed E-state index contributed by atoms with van der Waals surface area (Å²) in [5, 5.41) is 3.67. The molecule has 100 valence electrons. The Bertz CT molecular complexity index is 367. The smallest absolute Gasteiger partial charge is 0.0363 e. The van der Waals surface area contributed by atoms with Gasteiger partial charge in [0.2, 0.25) is 0 Å². The monoisotopic (exact) mass is 246 g/mol. The topological polar surface area (TPSA) is 24.9 Å². The highest BCUT2D eigenvalue weighted by atomic mass is 14.9. The third kappa shape index (κ3) is 3.32. The highest BCUT2D eigenvalue weighted by Crippen LogP contribution is 2.36. The van der Waals surface area contributed by atoms with Gasteiger partial charge in [0.05, 0.1) is 0 Å². The first-order valence-corrected chi connectivity index (χ1v) is 7.35. The first-order valence-electron chi connectivity index (χ1n) is 7.35. The summed E-state index contributed by atoms with van der Waals surface area (Å²) in [6, 6.07) is 2.79. The van der Waals surface area contributed by atoms with Crippen LogP contribution in [-0.2, 0) is 0 Å². The van der Waals surface area contributed by atoms with Gasteiger partial charge in [0, 0.05) is 18.4 Å². The first kappa shape index (κ1) is 13.5. The maximum atomic E-state index is 4.36. The van der Waals surface area contributed by atoms with Gasteiger partial charge in [-0.15, -0.1) is 0 Å². The molecule has 2 rings (SSSR count). The molecular weight excluding hydrogens is 220 g/mol. The highest BCUT2D eigenvalue weighted by molar-refractivity contribution is 5.21. The average Bonchev–Trinajstić information content (AvgIpc) is 2.37. The quantitative estimate of drug-likeness (QED) is 0.872. The minimum atomic E-state index is 0.495. The Morgan fingerprint density at radius 3 is 2.61 bits per heavy atom. The summed E-state index contributed by atoms with van der Waals surface area (Å²) in [5.74, 6) is 1.70. The standard InChI is InChI=1S/C16H26N2/c1-4-18-16(14-7-5-12(2)6-8-14)15-9-13(3)10-17-11-15/h9-12,14,16,18H,4-8H2,1-3H3. The fourth-order valence-electron chi connectivity index (χ4n) is 3.14. The van der Waals surface area contributed by atoms with Crippen molar-refractivity contribution in [2.24, 2.45) is 11.8 Å². The zero-order valence-electron chi connectivity index (χ0n) is 11.9. The van der Waals surface area contributed by atoms with Crippen LogP contribution in [0.3, 0.4) is 0 Å². The summed E-state index contributed by atoms with van der Waals surface area (Å²) < 4.78 is 0. The summed E-state index contributed by atoms with van der Waals surface area (Å²) in [5.41, 5.74) is 2.64. The van der Waals surface area contributed by atoms with Crippen molar-refractivity contribution >= 4 is 0 Å². The summed E-state index contributed by atoms with van der Waals surface area (Å²) in [4.78, 5) is 4.36. The van der Waals surface area contributed by atoms with Crippen LogP contribution in [0.15, 0.2) is 18.5 Å². The molecular formula is C16H26N2. The van der Waals surface area contributed by atoms with Crippen LogP contribution < -0.4 is 5.32 Å². The minimum Gasteiger partial charge on any atom is -0.310 e. The van der Waals surface area contributed by atoms with Gasteiger partial charge in [-0.3, -0.25) is 4.98 Å². The predicted octanol–water partition coefficient (Wildman–Crippen LogP) is 3.87. The van der Waals surface area contributed by atoms with Gasteiger partial charge in [0.1, 0.15) is 0 Å². The summed E-state index contributed by atoms with van der Waals surface area (Å²) >= 11 is 0. The Hall–Kier alpha value is -0.890. The van der Waals surface area contributed by atoms with Crippen molar-refractivity contribution in [2.45, 2.75) is 52.5 Å². The second-order valence-electron chi connectivity index (χ2n) is 5.85. The molecule has 1 N–H and O–H groups in total. The van der Waals surface area contributed by atoms with E-state index in [1.54, 1.807) is 0 Å². The Kier molecular flexibility index (Phi) is 4.76. The molecule has 1 fully saturated rings. The number of rotatable bonds is 4. The molecule has 1 aliphatic rings. The maximum absolute atomic E-state index is 4.36. The van der Waals surface area contributed by atoms with Gasteiger partial charge in [-0.05, 0) is 49.3 Å². The molecule has 0 aliphatic heterocycles. The summed E-state index contributed by atoms with van der Waals surface area (Å²) in [6.07, 6.45) is 9.45. The summed E-state index contributed by atoms with van der Waals surface area (Å²) in [7, 11) is 0. The molecule has 2 heteroatoms. The Labute approximate surface area is 111 Å². The van der Waals surface area contributed by atoms with Gasteiger partial charge in [0.25, 0.3) is 0 Å². The molecule has 18 heavy (non-hydrogen) atoms. The lowest BCUT2D eigenvalue weighted by atomic mass is 9.77. The number of hydrogen-bond acceptors (Lipinski definition) is 2. The van der Waals surface area contributed by atoms with Crippen LogP contribution in [0.25, 0.3) is 0 Å². The molecule has 0 aromatic carbocycles.